The highest BCUT2D eigenvalue weighted by Crippen LogP contribution is 2.48. The van der Waals surface area contributed by atoms with E-state index in [1.54, 1.807) is 6.07 Å². The smallest absolute Gasteiger partial charge is 0.182 e. The minimum absolute atomic E-state index is 0.0391. The van der Waals surface area contributed by atoms with Crippen LogP contribution in [0.5, 0.6) is 5.75 Å². The van der Waals surface area contributed by atoms with Crippen LogP contribution in [0.2, 0.25) is 0 Å². The lowest BCUT2D eigenvalue weighted by atomic mass is 9.92. The summed E-state index contributed by atoms with van der Waals surface area (Å²) in [5, 5.41) is 2.22. The summed E-state index contributed by atoms with van der Waals surface area (Å²) < 4.78 is 21.1. The summed E-state index contributed by atoms with van der Waals surface area (Å²) in [5.74, 6) is 0.739. The number of hydrogen-bond donors (Lipinski definition) is 1. The fourth-order valence-corrected chi connectivity index (χ4v) is 4.74. The number of rotatable bonds is 3. The van der Waals surface area contributed by atoms with Gasteiger partial charge >= 0.3 is 0 Å². The van der Waals surface area contributed by atoms with Crippen LogP contribution < -0.4 is 10.2 Å². The summed E-state index contributed by atoms with van der Waals surface area (Å²) in [6, 6.07) is 15.2. The molecular weight excluding hydrogens is 353 g/mol. The maximum Gasteiger partial charge on any atom is 0.182 e. The van der Waals surface area contributed by atoms with Crippen LogP contribution in [0.25, 0.3) is 5.70 Å². The third kappa shape index (κ3) is 2.81. The zero-order chi connectivity index (χ0) is 19.1. The molecule has 0 bridgehead atoms. The molecule has 28 heavy (non-hydrogen) atoms. The summed E-state index contributed by atoms with van der Waals surface area (Å²) in [4.78, 5) is 2.51. The molecule has 2 aromatic carbocycles. The molecule has 146 valence electrons. The van der Waals surface area contributed by atoms with Gasteiger partial charge in [0.1, 0.15) is 11.6 Å². The average molecular weight is 379 g/mol. The van der Waals surface area contributed by atoms with E-state index < -0.39 is 5.72 Å². The number of nitrogens with zero attached hydrogens (tertiary/aromatic N) is 2. The molecule has 3 heterocycles. The van der Waals surface area contributed by atoms with Gasteiger partial charge in [-0.2, -0.15) is 5.01 Å². The Morgan fingerprint density at radius 3 is 2.64 bits per heavy atom. The van der Waals surface area contributed by atoms with Gasteiger partial charge in [0.2, 0.25) is 0 Å². The Labute approximate surface area is 165 Å². The summed E-state index contributed by atoms with van der Waals surface area (Å²) >= 11 is 0. The quantitative estimate of drug-likeness (QED) is 0.859. The van der Waals surface area contributed by atoms with Crippen LogP contribution in [0.1, 0.15) is 43.4 Å². The number of nitrogens with one attached hydrogen (secondary N) is 1. The van der Waals surface area contributed by atoms with E-state index in [1.165, 1.54) is 12.5 Å². The molecule has 1 saturated heterocycles. The van der Waals surface area contributed by atoms with Gasteiger partial charge in [-0.25, -0.2) is 4.39 Å². The van der Waals surface area contributed by atoms with Crippen molar-refractivity contribution in [3.63, 3.8) is 0 Å². The number of benzene rings is 2. The fourth-order valence-electron chi connectivity index (χ4n) is 4.74. The average Bonchev–Trinajstić information content (AvgIpc) is 3.17. The van der Waals surface area contributed by atoms with Crippen molar-refractivity contribution in [2.24, 2.45) is 0 Å². The number of halogens is 1. The summed E-state index contributed by atoms with van der Waals surface area (Å²) in [6.07, 6.45) is 5.15. The highest BCUT2D eigenvalue weighted by atomic mass is 19.1. The standard InChI is InChI=1S/C23H26FN3O/c1-2-13-26-14-11-23(12-15-26)27-21(18-8-4-6-10-22(18)28-23)16-20(25-27)17-7-3-5-9-19(17)24/h3-10,16,21,25H,2,11-15H2,1H3/t21-/m1/s1. The number of fused-ring (bicyclic) bond motifs is 4. The molecule has 0 aromatic heterocycles. The van der Waals surface area contributed by atoms with Gasteiger partial charge in [0.05, 0.1) is 11.7 Å². The molecule has 1 N–H and O–H groups in total. The molecular formula is C23H26FN3O. The molecule has 2 aromatic rings. The molecule has 4 nitrogen and oxygen atoms in total. The Bertz CT molecular complexity index is 904. The van der Waals surface area contributed by atoms with Crippen LogP contribution >= 0.6 is 0 Å². The normalized spacial score (nSPS) is 23.5. The van der Waals surface area contributed by atoms with E-state index in [0.717, 1.165) is 49.5 Å². The molecule has 3 aliphatic heterocycles. The maximum absolute atomic E-state index is 14.4. The number of hydrazine groups is 1. The predicted octanol–water partition coefficient (Wildman–Crippen LogP) is 4.32. The number of ether oxygens (including phenoxy) is 1. The van der Waals surface area contributed by atoms with Crippen molar-refractivity contribution in [1.29, 1.82) is 0 Å². The van der Waals surface area contributed by atoms with Gasteiger partial charge in [-0.05, 0) is 37.2 Å². The second-order valence-corrected chi connectivity index (χ2v) is 7.91. The molecule has 5 rings (SSSR count). The van der Waals surface area contributed by atoms with E-state index in [-0.39, 0.29) is 11.9 Å². The zero-order valence-corrected chi connectivity index (χ0v) is 16.2. The molecule has 5 heteroatoms. The third-order valence-corrected chi connectivity index (χ3v) is 6.16. The molecule has 1 fully saturated rings. The number of para-hydroxylation sites is 1. The van der Waals surface area contributed by atoms with E-state index in [1.807, 2.05) is 24.3 Å². The van der Waals surface area contributed by atoms with Crippen LogP contribution in [0.4, 0.5) is 4.39 Å². The first-order valence-corrected chi connectivity index (χ1v) is 10.2. The van der Waals surface area contributed by atoms with Gasteiger partial charge in [-0.1, -0.05) is 37.3 Å². The van der Waals surface area contributed by atoms with Gasteiger partial charge in [0.25, 0.3) is 0 Å². The number of likely N-dealkylation sites (tertiary alicyclic amines) is 1. The van der Waals surface area contributed by atoms with Gasteiger partial charge < -0.3 is 15.1 Å². The highest BCUT2D eigenvalue weighted by molar-refractivity contribution is 5.68. The monoisotopic (exact) mass is 379 g/mol. The Morgan fingerprint density at radius 2 is 1.86 bits per heavy atom. The Kier molecular flexibility index (Phi) is 4.37. The van der Waals surface area contributed by atoms with Crippen LogP contribution in [-0.2, 0) is 0 Å². The number of piperidine rings is 1. The molecule has 3 aliphatic rings. The van der Waals surface area contributed by atoms with Crippen molar-refractivity contribution in [1.82, 2.24) is 15.3 Å². The van der Waals surface area contributed by atoms with Crippen molar-refractivity contribution in [2.75, 3.05) is 19.6 Å². The highest BCUT2D eigenvalue weighted by Gasteiger charge is 2.51. The van der Waals surface area contributed by atoms with Gasteiger partial charge in [0.15, 0.2) is 5.72 Å². The van der Waals surface area contributed by atoms with Crippen LogP contribution in [0.15, 0.2) is 54.6 Å². The van der Waals surface area contributed by atoms with Crippen molar-refractivity contribution in [3.05, 3.63) is 71.6 Å². The minimum atomic E-state index is -0.410. The largest absolute Gasteiger partial charge is 0.470 e. The fraction of sp³-hybridized carbons (Fsp3) is 0.391. The van der Waals surface area contributed by atoms with Crippen molar-refractivity contribution in [3.8, 4) is 5.75 Å². The zero-order valence-electron chi connectivity index (χ0n) is 16.2. The molecule has 0 saturated carbocycles. The van der Waals surface area contributed by atoms with E-state index in [9.17, 15) is 4.39 Å². The summed E-state index contributed by atoms with van der Waals surface area (Å²) in [7, 11) is 0. The molecule has 0 aliphatic carbocycles. The van der Waals surface area contributed by atoms with Crippen molar-refractivity contribution in [2.45, 2.75) is 38.0 Å². The second kappa shape index (κ2) is 6.90. The molecule has 0 unspecified atom stereocenters. The lowest BCUT2D eigenvalue weighted by Gasteiger charge is -2.51. The van der Waals surface area contributed by atoms with Gasteiger partial charge in [0, 0.05) is 37.1 Å². The van der Waals surface area contributed by atoms with Crippen molar-refractivity contribution < 1.29 is 9.13 Å². The van der Waals surface area contributed by atoms with Crippen LogP contribution in [0.3, 0.4) is 0 Å². The Hall–Kier alpha value is -2.37. The SMILES string of the molecule is CCCN1CCC2(CC1)Oc1ccccc1[C@H]1C=C(c3ccccc3F)NN12. The lowest BCUT2D eigenvalue weighted by Crippen LogP contribution is -2.63. The lowest BCUT2D eigenvalue weighted by molar-refractivity contribution is -0.159. The predicted molar refractivity (Wildman–Crippen MR) is 108 cm³/mol. The number of hydrogen-bond acceptors (Lipinski definition) is 4. The minimum Gasteiger partial charge on any atom is -0.470 e. The summed E-state index contributed by atoms with van der Waals surface area (Å²) in [5.41, 5.74) is 5.65. The van der Waals surface area contributed by atoms with Crippen LogP contribution in [0, 0.1) is 5.82 Å². The van der Waals surface area contributed by atoms with Gasteiger partial charge in [-0.15, -0.1) is 0 Å². The molecule has 0 amide bonds. The summed E-state index contributed by atoms with van der Waals surface area (Å²) in [6.45, 7) is 5.37. The van der Waals surface area contributed by atoms with E-state index >= 15 is 0 Å². The van der Waals surface area contributed by atoms with E-state index in [4.69, 9.17) is 4.74 Å². The molecule has 1 spiro atoms. The second-order valence-electron chi connectivity index (χ2n) is 7.91. The Balaban J connectivity index is 1.52. The van der Waals surface area contributed by atoms with Crippen LogP contribution in [-0.4, -0.2) is 35.3 Å². The van der Waals surface area contributed by atoms with Crippen molar-refractivity contribution >= 4 is 5.70 Å². The third-order valence-electron chi connectivity index (χ3n) is 6.16. The topological polar surface area (TPSA) is 27.7 Å². The first-order chi connectivity index (χ1) is 13.7. The first-order valence-electron chi connectivity index (χ1n) is 10.2. The molecule has 0 radical (unpaired) electrons. The van der Waals surface area contributed by atoms with E-state index in [2.05, 4.69) is 40.5 Å². The maximum atomic E-state index is 14.4. The first kappa shape index (κ1) is 17.7. The molecule has 1 atom stereocenters. The van der Waals surface area contributed by atoms with Gasteiger partial charge in [-0.3, -0.25) is 0 Å². The van der Waals surface area contributed by atoms with E-state index in [0.29, 0.717) is 5.56 Å². The Morgan fingerprint density at radius 1 is 1.11 bits per heavy atom.